The van der Waals surface area contributed by atoms with Crippen molar-refractivity contribution in [2.75, 3.05) is 23.3 Å². The zero-order valence-electron chi connectivity index (χ0n) is 19.5. The summed E-state index contributed by atoms with van der Waals surface area (Å²) in [7, 11) is 0. The first-order valence-electron chi connectivity index (χ1n) is 11.6. The summed E-state index contributed by atoms with van der Waals surface area (Å²) in [6.07, 6.45) is -2.97. The molecule has 1 aliphatic heterocycles. The van der Waals surface area contributed by atoms with Gasteiger partial charge in [0.2, 0.25) is 11.7 Å². The minimum atomic E-state index is -4.91. The highest BCUT2D eigenvalue weighted by Crippen LogP contribution is 2.38. The second kappa shape index (κ2) is 9.68. The van der Waals surface area contributed by atoms with Crippen LogP contribution in [0.3, 0.4) is 0 Å². The summed E-state index contributed by atoms with van der Waals surface area (Å²) in [6, 6.07) is 20.2. The highest BCUT2D eigenvalue weighted by molar-refractivity contribution is 6.04. The van der Waals surface area contributed by atoms with Crippen molar-refractivity contribution in [2.45, 2.75) is 24.7 Å². The molecule has 3 heterocycles. The van der Waals surface area contributed by atoms with Gasteiger partial charge in [-0.1, -0.05) is 48.5 Å². The summed E-state index contributed by atoms with van der Waals surface area (Å²) in [6.45, 7) is 0.889. The van der Waals surface area contributed by atoms with E-state index in [0.717, 1.165) is 0 Å². The normalized spacial score (nSPS) is 15.4. The van der Waals surface area contributed by atoms with Gasteiger partial charge in [0, 0.05) is 31.5 Å². The van der Waals surface area contributed by atoms with E-state index in [0.29, 0.717) is 42.9 Å². The van der Waals surface area contributed by atoms with Crippen LogP contribution < -0.4 is 10.2 Å². The van der Waals surface area contributed by atoms with E-state index in [1.54, 1.807) is 36.4 Å². The molecule has 0 atom stereocenters. The second-order valence-electron chi connectivity index (χ2n) is 8.74. The van der Waals surface area contributed by atoms with Crippen LogP contribution in [0.25, 0.3) is 11.5 Å². The summed E-state index contributed by atoms with van der Waals surface area (Å²) in [5.74, 6) is -2.28. The van der Waals surface area contributed by atoms with E-state index in [-0.39, 0.29) is 11.6 Å². The van der Waals surface area contributed by atoms with E-state index in [1.807, 2.05) is 23.1 Å². The number of halogens is 4. The number of carbonyl (C=O) groups excluding carboxylic acids is 1. The largest absolute Gasteiger partial charge is 0.452 e. The molecule has 0 aliphatic carbocycles. The fourth-order valence-electron chi connectivity index (χ4n) is 4.32. The molecule has 5 rings (SSSR count). The Morgan fingerprint density at radius 3 is 2.19 bits per heavy atom. The summed E-state index contributed by atoms with van der Waals surface area (Å²) in [4.78, 5) is 22.8. The number of hydrogen-bond acceptors (Lipinski definition) is 5. The number of aromatic nitrogens is 2. The number of oxazole rings is 1. The fraction of sp³-hybridized carbons (Fsp3) is 0.222. The first kappa shape index (κ1) is 24.5. The predicted octanol–water partition coefficient (Wildman–Crippen LogP) is 6.47. The highest BCUT2D eigenvalue weighted by atomic mass is 19.4. The Kier molecular flexibility index (Phi) is 6.41. The van der Waals surface area contributed by atoms with Crippen LogP contribution in [0.15, 0.2) is 83.4 Å². The van der Waals surface area contributed by atoms with Gasteiger partial charge in [-0.2, -0.15) is 13.2 Å². The topological polar surface area (TPSA) is 71.3 Å². The average Bonchev–Trinajstić information content (AvgIpc) is 3.38. The van der Waals surface area contributed by atoms with Crippen molar-refractivity contribution in [3.63, 3.8) is 0 Å². The highest BCUT2D eigenvalue weighted by Gasteiger charge is 2.42. The molecule has 2 aromatic carbocycles. The maximum atomic E-state index is 15.4. The molecule has 1 fully saturated rings. The van der Waals surface area contributed by atoms with Crippen molar-refractivity contribution in [2.24, 2.45) is 0 Å². The molecule has 0 saturated carbocycles. The maximum Gasteiger partial charge on any atom is 0.452 e. The van der Waals surface area contributed by atoms with Crippen LogP contribution in [0.1, 0.15) is 34.7 Å². The lowest BCUT2D eigenvalue weighted by atomic mass is 9.86. The van der Waals surface area contributed by atoms with Gasteiger partial charge in [0.05, 0.1) is 11.9 Å². The lowest BCUT2D eigenvalue weighted by Crippen LogP contribution is -2.40. The number of nitrogens with zero attached hydrogens (tertiary/aromatic N) is 3. The molecule has 0 spiro atoms. The third kappa shape index (κ3) is 5.18. The number of carbonyl (C=O) groups is 1. The number of alkyl halides is 4. The third-order valence-electron chi connectivity index (χ3n) is 6.30. The first-order valence-corrected chi connectivity index (χ1v) is 11.6. The molecule has 0 bridgehead atoms. The molecule has 1 N–H and O–H groups in total. The minimum Gasteiger partial charge on any atom is -0.431 e. The zero-order chi connectivity index (χ0) is 26.0. The van der Waals surface area contributed by atoms with Gasteiger partial charge in [-0.05, 0) is 29.8 Å². The van der Waals surface area contributed by atoms with E-state index in [2.05, 4.69) is 15.3 Å². The molecule has 1 aliphatic rings. The molecular formula is C27H22F4N4O2. The Hall–Kier alpha value is -4.21. The van der Waals surface area contributed by atoms with E-state index in [9.17, 15) is 18.0 Å². The SMILES string of the molecule is O=C(Nc1ccc(N2CCC(F)(c3ccccc3)CC2)nc1)c1nc(-c2ccccc2)oc1C(F)(F)F. The van der Waals surface area contributed by atoms with Gasteiger partial charge in [0.1, 0.15) is 11.5 Å². The van der Waals surface area contributed by atoms with Gasteiger partial charge in [-0.25, -0.2) is 14.4 Å². The molecule has 0 radical (unpaired) electrons. The van der Waals surface area contributed by atoms with Gasteiger partial charge in [0.25, 0.3) is 5.91 Å². The Labute approximate surface area is 210 Å². The number of hydrogen-bond donors (Lipinski definition) is 1. The Morgan fingerprint density at radius 1 is 0.946 bits per heavy atom. The number of benzene rings is 2. The van der Waals surface area contributed by atoms with Crippen molar-refractivity contribution < 1.29 is 26.8 Å². The molecule has 0 unspecified atom stereocenters. The Bertz CT molecular complexity index is 1370. The van der Waals surface area contributed by atoms with E-state index < -0.39 is 29.2 Å². The summed E-state index contributed by atoms with van der Waals surface area (Å²) in [5.41, 5.74) is -1.12. The van der Waals surface area contributed by atoms with Crippen LogP contribution in [0.4, 0.5) is 29.1 Å². The van der Waals surface area contributed by atoms with Crippen molar-refractivity contribution in [3.05, 3.63) is 96.0 Å². The minimum absolute atomic E-state index is 0.187. The van der Waals surface area contributed by atoms with Gasteiger partial charge in [-0.3, -0.25) is 4.79 Å². The van der Waals surface area contributed by atoms with Crippen molar-refractivity contribution in [1.82, 2.24) is 9.97 Å². The standard InChI is InChI=1S/C27H22F4N4O2/c28-26(19-9-5-2-6-10-19)13-15-35(16-14-26)21-12-11-20(17-32-21)33-24(36)22-23(27(29,30)31)37-25(34-22)18-7-3-1-4-8-18/h1-12,17H,13-16H2,(H,33,36). The number of pyridine rings is 1. The maximum absolute atomic E-state index is 15.4. The monoisotopic (exact) mass is 510 g/mol. The first-order chi connectivity index (χ1) is 17.7. The third-order valence-corrected chi connectivity index (χ3v) is 6.30. The van der Waals surface area contributed by atoms with Crippen molar-refractivity contribution in [3.8, 4) is 11.5 Å². The van der Waals surface area contributed by atoms with Crippen molar-refractivity contribution in [1.29, 1.82) is 0 Å². The van der Waals surface area contributed by atoms with Crippen LogP contribution in [-0.4, -0.2) is 29.0 Å². The molecular weight excluding hydrogens is 488 g/mol. The van der Waals surface area contributed by atoms with Crippen LogP contribution in [0.2, 0.25) is 0 Å². The second-order valence-corrected chi connectivity index (χ2v) is 8.74. The van der Waals surface area contributed by atoms with Gasteiger partial charge in [-0.15, -0.1) is 0 Å². The average molecular weight is 510 g/mol. The number of amides is 1. The van der Waals surface area contributed by atoms with Crippen LogP contribution in [0.5, 0.6) is 0 Å². The quantitative estimate of drug-likeness (QED) is 0.312. The summed E-state index contributed by atoms with van der Waals surface area (Å²) >= 11 is 0. The van der Waals surface area contributed by atoms with E-state index >= 15 is 4.39 Å². The molecule has 37 heavy (non-hydrogen) atoms. The van der Waals surface area contributed by atoms with Gasteiger partial charge < -0.3 is 14.6 Å². The summed E-state index contributed by atoms with van der Waals surface area (Å²) in [5, 5.41) is 2.40. The number of nitrogens with one attached hydrogen (secondary N) is 1. The molecule has 4 aromatic rings. The lowest BCUT2D eigenvalue weighted by Gasteiger charge is -2.37. The molecule has 190 valence electrons. The van der Waals surface area contributed by atoms with Crippen LogP contribution in [-0.2, 0) is 11.8 Å². The smallest absolute Gasteiger partial charge is 0.431 e. The van der Waals surface area contributed by atoms with Gasteiger partial charge in [0.15, 0.2) is 5.69 Å². The molecule has 1 saturated heterocycles. The number of anilines is 2. The summed E-state index contributed by atoms with van der Waals surface area (Å²) < 4.78 is 60.9. The molecule has 10 heteroatoms. The van der Waals surface area contributed by atoms with E-state index in [1.165, 1.54) is 24.4 Å². The molecule has 1 amide bonds. The van der Waals surface area contributed by atoms with E-state index in [4.69, 9.17) is 4.42 Å². The fourth-order valence-corrected chi connectivity index (χ4v) is 4.32. The predicted molar refractivity (Wildman–Crippen MR) is 130 cm³/mol. The Morgan fingerprint density at radius 2 is 1.59 bits per heavy atom. The van der Waals surface area contributed by atoms with Gasteiger partial charge >= 0.3 is 6.18 Å². The van der Waals surface area contributed by atoms with Crippen LogP contribution in [0, 0.1) is 0 Å². The van der Waals surface area contributed by atoms with Crippen molar-refractivity contribution >= 4 is 17.4 Å². The number of piperidine rings is 1. The number of rotatable bonds is 5. The molecule has 2 aromatic heterocycles. The lowest BCUT2D eigenvalue weighted by molar-refractivity contribution is -0.153. The Balaban J connectivity index is 1.28. The zero-order valence-corrected chi connectivity index (χ0v) is 19.5. The molecule has 6 nitrogen and oxygen atoms in total. The van der Waals surface area contributed by atoms with Crippen LogP contribution >= 0.6 is 0 Å².